The minimum atomic E-state index is -1.25. The van der Waals surface area contributed by atoms with E-state index in [0.29, 0.717) is 16.6 Å². The van der Waals surface area contributed by atoms with Crippen LogP contribution in [0.1, 0.15) is 15.9 Å². The summed E-state index contributed by atoms with van der Waals surface area (Å²) in [7, 11) is 3.29. The van der Waals surface area contributed by atoms with Gasteiger partial charge < -0.3 is 4.90 Å². The van der Waals surface area contributed by atoms with Crippen molar-refractivity contribution in [2.24, 2.45) is 10.2 Å². The first-order valence-corrected chi connectivity index (χ1v) is 4.98. The number of carbonyl (C=O) groups is 1. The van der Waals surface area contributed by atoms with E-state index in [1.165, 1.54) is 11.0 Å². The van der Waals surface area contributed by atoms with E-state index in [4.69, 9.17) is 0 Å². The molecule has 0 fully saturated rings. The van der Waals surface area contributed by atoms with Crippen molar-refractivity contribution in [1.29, 1.82) is 0 Å². The van der Waals surface area contributed by atoms with E-state index >= 15 is 0 Å². The summed E-state index contributed by atoms with van der Waals surface area (Å²) < 4.78 is 0. The number of carbonyl (C=O) groups excluding carboxylic acids is 1. The van der Waals surface area contributed by atoms with E-state index in [0.717, 1.165) is 0 Å². The summed E-state index contributed by atoms with van der Waals surface area (Å²) in [6.45, 7) is 0.448. The predicted molar refractivity (Wildman–Crippen MR) is 66.2 cm³/mol. The number of nitrogens with zero attached hydrogens (tertiary/aromatic N) is 3. The molecule has 0 N–H and O–H groups in total. The predicted octanol–water partition coefficient (Wildman–Crippen LogP) is 0.925. The van der Waals surface area contributed by atoms with Crippen LogP contribution in [0.4, 0.5) is 0 Å². The molecule has 0 bridgehead atoms. The molecule has 1 aromatic rings. The Kier molecular flexibility index (Phi) is 4.09. The molecular formula is C10H12BN3O3. The molecule has 0 unspecified atom stereocenters. The normalized spacial score (nSPS) is 9.59. The summed E-state index contributed by atoms with van der Waals surface area (Å²) in [6, 6.07) is 4.69. The molecule has 0 spiro atoms. The van der Waals surface area contributed by atoms with Gasteiger partial charge in [-0.05, 0) is 24.5 Å². The average molecular weight is 233 g/mol. The monoisotopic (exact) mass is 233 g/mol. The Morgan fingerprint density at radius 2 is 1.82 bits per heavy atom. The Morgan fingerprint density at radius 1 is 1.24 bits per heavy atom. The van der Waals surface area contributed by atoms with Gasteiger partial charge in [0, 0.05) is 19.7 Å². The molecule has 0 radical (unpaired) electrons. The van der Waals surface area contributed by atoms with Gasteiger partial charge in [0.05, 0.1) is 0 Å². The van der Waals surface area contributed by atoms with Gasteiger partial charge in [0.15, 0.2) is 0 Å². The molecule has 88 valence electrons. The number of rotatable bonds is 4. The highest BCUT2D eigenvalue weighted by Crippen LogP contribution is 2.06. The molecule has 1 amide bonds. The fourth-order valence-corrected chi connectivity index (χ4v) is 1.49. The number of aryl methyl sites for hydroxylation is 1. The van der Waals surface area contributed by atoms with Gasteiger partial charge in [-0.15, -0.1) is 0 Å². The quantitative estimate of drug-likeness (QED) is 0.572. The highest BCUT2D eigenvalue weighted by atomic mass is 16.3. The van der Waals surface area contributed by atoms with Crippen molar-refractivity contribution >= 4 is 18.4 Å². The summed E-state index contributed by atoms with van der Waals surface area (Å²) in [5.41, 5.74) is 1.55. The first-order chi connectivity index (χ1) is 8.01. The second kappa shape index (κ2) is 5.33. The SMILES string of the molecule is Cc1cc(C(=O)N(C)C)ccc1B(N=O)N=O. The van der Waals surface area contributed by atoms with E-state index < -0.39 is 6.98 Å². The molecule has 17 heavy (non-hydrogen) atoms. The second-order valence-electron chi connectivity index (χ2n) is 3.86. The summed E-state index contributed by atoms with van der Waals surface area (Å²) in [4.78, 5) is 33.9. The Balaban J connectivity index is 3.13. The van der Waals surface area contributed by atoms with E-state index in [9.17, 15) is 14.6 Å². The summed E-state index contributed by atoms with van der Waals surface area (Å²) in [5, 5.41) is 5.25. The standard InChI is InChI=1S/C10H12BN3O3/c1-7-6-8(10(15)14(2)3)4-5-9(7)11(12-16)13-17/h4-6H,1-3H3. The lowest BCUT2D eigenvalue weighted by Gasteiger charge is -2.11. The van der Waals surface area contributed by atoms with Crippen molar-refractivity contribution in [3.8, 4) is 0 Å². The first-order valence-electron chi connectivity index (χ1n) is 4.98. The summed E-state index contributed by atoms with van der Waals surface area (Å²) >= 11 is 0. The Hall–Kier alpha value is -2.05. The lowest BCUT2D eigenvalue weighted by atomic mass is 9.69. The molecule has 0 aromatic heterocycles. The number of amides is 1. The maximum atomic E-state index is 11.7. The van der Waals surface area contributed by atoms with Crippen LogP contribution in [0.15, 0.2) is 28.4 Å². The van der Waals surface area contributed by atoms with Gasteiger partial charge in [0.2, 0.25) is 0 Å². The molecule has 0 saturated carbocycles. The first kappa shape index (κ1) is 13.0. The number of nitroso groups, excluding NO2 is 2. The minimum Gasteiger partial charge on any atom is -0.345 e. The van der Waals surface area contributed by atoms with Crippen LogP contribution >= 0.6 is 0 Å². The van der Waals surface area contributed by atoms with Crippen LogP contribution in [0.3, 0.4) is 0 Å². The molecule has 0 atom stereocenters. The van der Waals surface area contributed by atoms with Gasteiger partial charge in [-0.3, -0.25) is 4.79 Å². The Morgan fingerprint density at radius 3 is 2.24 bits per heavy atom. The van der Waals surface area contributed by atoms with Gasteiger partial charge in [0.1, 0.15) is 0 Å². The van der Waals surface area contributed by atoms with Gasteiger partial charge in [-0.25, -0.2) is 0 Å². The lowest BCUT2D eigenvalue weighted by molar-refractivity contribution is 0.0827. The van der Waals surface area contributed by atoms with E-state index in [1.54, 1.807) is 33.2 Å². The third-order valence-corrected chi connectivity index (χ3v) is 2.40. The largest absolute Gasteiger partial charge is 0.548 e. The van der Waals surface area contributed by atoms with Crippen LogP contribution in [-0.2, 0) is 0 Å². The molecule has 0 saturated heterocycles. The molecule has 0 aliphatic carbocycles. The number of hydrogen-bond acceptors (Lipinski definition) is 5. The summed E-state index contributed by atoms with van der Waals surface area (Å²) in [6.07, 6.45) is 0. The van der Waals surface area contributed by atoms with Crippen LogP contribution in [0.25, 0.3) is 0 Å². The average Bonchev–Trinajstić information content (AvgIpc) is 2.31. The topological polar surface area (TPSA) is 79.2 Å². The van der Waals surface area contributed by atoms with Crippen molar-refractivity contribution in [2.45, 2.75) is 6.92 Å². The van der Waals surface area contributed by atoms with Gasteiger partial charge >= 0.3 is 6.98 Å². The lowest BCUT2D eigenvalue weighted by Crippen LogP contribution is -2.29. The van der Waals surface area contributed by atoms with Crippen LogP contribution in [-0.4, -0.2) is 31.9 Å². The van der Waals surface area contributed by atoms with Crippen molar-refractivity contribution in [3.05, 3.63) is 39.1 Å². The van der Waals surface area contributed by atoms with Crippen molar-refractivity contribution in [3.63, 3.8) is 0 Å². The number of benzene rings is 1. The molecule has 1 rings (SSSR count). The maximum Gasteiger partial charge on any atom is 0.548 e. The zero-order chi connectivity index (χ0) is 13.0. The molecule has 1 aromatic carbocycles. The molecule has 0 aliphatic heterocycles. The van der Waals surface area contributed by atoms with E-state index in [1.807, 2.05) is 0 Å². The van der Waals surface area contributed by atoms with Crippen molar-refractivity contribution in [2.75, 3.05) is 14.1 Å². The van der Waals surface area contributed by atoms with Crippen molar-refractivity contribution < 1.29 is 4.79 Å². The maximum absolute atomic E-state index is 11.7. The van der Waals surface area contributed by atoms with Crippen LogP contribution in [0.5, 0.6) is 0 Å². The number of hydrogen-bond donors (Lipinski definition) is 0. The highest BCUT2D eigenvalue weighted by molar-refractivity contribution is 6.70. The molecule has 7 heteroatoms. The highest BCUT2D eigenvalue weighted by Gasteiger charge is 2.23. The molecular weight excluding hydrogens is 221 g/mol. The van der Waals surface area contributed by atoms with Crippen LogP contribution in [0.2, 0.25) is 0 Å². The van der Waals surface area contributed by atoms with Gasteiger partial charge in [-0.2, -0.15) is 9.81 Å². The summed E-state index contributed by atoms with van der Waals surface area (Å²) in [5.74, 6) is -0.144. The second-order valence-corrected chi connectivity index (χ2v) is 3.86. The third-order valence-electron chi connectivity index (χ3n) is 2.40. The van der Waals surface area contributed by atoms with E-state index in [-0.39, 0.29) is 5.91 Å². The fraction of sp³-hybridized carbons (Fsp3) is 0.300. The van der Waals surface area contributed by atoms with Crippen molar-refractivity contribution in [1.82, 2.24) is 4.90 Å². The molecule has 6 nitrogen and oxygen atoms in total. The Bertz CT molecular complexity index is 454. The molecule has 0 heterocycles. The zero-order valence-corrected chi connectivity index (χ0v) is 9.88. The Labute approximate surface area is 99.1 Å². The molecule has 0 aliphatic rings. The smallest absolute Gasteiger partial charge is 0.345 e. The van der Waals surface area contributed by atoms with Gasteiger partial charge in [-0.1, -0.05) is 21.8 Å². The fourth-order valence-electron chi connectivity index (χ4n) is 1.49. The minimum absolute atomic E-state index is 0.144. The van der Waals surface area contributed by atoms with Gasteiger partial charge in [0.25, 0.3) is 5.91 Å². The third kappa shape index (κ3) is 2.75. The van der Waals surface area contributed by atoms with E-state index in [2.05, 4.69) is 10.2 Å². The zero-order valence-electron chi connectivity index (χ0n) is 9.88. The van der Waals surface area contributed by atoms with Crippen LogP contribution in [0, 0.1) is 16.7 Å². The van der Waals surface area contributed by atoms with Crippen LogP contribution < -0.4 is 5.46 Å².